The summed E-state index contributed by atoms with van der Waals surface area (Å²) in [5.74, 6) is 0. The predicted octanol–water partition coefficient (Wildman–Crippen LogP) is 2.79. The molecule has 0 unspecified atom stereocenters. The molecule has 0 bridgehead atoms. The van der Waals surface area contributed by atoms with Crippen molar-refractivity contribution >= 4 is 22.8 Å². The molecule has 0 spiro atoms. The summed E-state index contributed by atoms with van der Waals surface area (Å²) in [5.41, 5.74) is 8.23. The molecule has 4 heteroatoms. The zero-order valence-electron chi connectivity index (χ0n) is 10.2. The molecule has 2 N–H and O–H groups in total. The fourth-order valence-corrected chi connectivity index (χ4v) is 2.51. The number of benzene rings is 1. The van der Waals surface area contributed by atoms with E-state index in [1.54, 1.807) is 0 Å². The van der Waals surface area contributed by atoms with Crippen molar-refractivity contribution in [2.45, 2.75) is 32.2 Å². The van der Waals surface area contributed by atoms with E-state index in [0.29, 0.717) is 6.01 Å². The smallest absolute Gasteiger partial charge is 0.298 e. The Hall–Kier alpha value is -1.71. The van der Waals surface area contributed by atoms with E-state index < -0.39 is 0 Å². The normalized spacial score (nSPS) is 19.1. The van der Waals surface area contributed by atoms with Gasteiger partial charge >= 0.3 is 0 Å². The Bertz CT molecular complexity index is 559. The minimum absolute atomic E-state index is 0.131. The number of rotatable bonds is 1. The minimum Gasteiger partial charge on any atom is -0.423 e. The van der Waals surface area contributed by atoms with E-state index in [0.717, 1.165) is 23.3 Å². The summed E-state index contributed by atoms with van der Waals surface area (Å²) in [6.45, 7) is 5.46. The Kier molecular flexibility index (Phi) is 2.08. The van der Waals surface area contributed by atoms with Crippen LogP contribution in [-0.4, -0.2) is 17.1 Å². The van der Waals surface area contributed by atoms with Crippen LogP contribution in [0.25, 0.3) is 11.1 Å². The van der Waals surface area contributed by atoms with Gasteiger partial charge in [-0.3, -0.25) is 0 Å². The van der Waals surface area contributed by atoms with E-state index in [9.17, 15) is 0 Å². The molecule has 2 heterocycles. The number of anilines is 2. The van der Waals surface area contributed by atoms with Gasteiger partial charge < -0.3 is 15.1 Å². The lowest BCUT2D eigenvalue weighted by atomic mass is 10.0. The van der Waals surface area contributed by atoms with Crippen LogP contribution in [0, 0.1) is 0 Å². The lowest BCUT2D eigenvalue weighted by molar-refractivity contribution is 0.469. The van der Waals surface area contributed by atoms with Gasteiger partial charge in [-0.2, -0.15) is 4.98 Å². The van der Waals surface area contributed by atoms with Gasteiger partial charge in [0, 0.05) is 17.8 Å². The van der Waals surface area contributed by atoms with Gasteiger partial charge in [-0.15, -0.1) is 0 Å². The Morgan fingerprint density at radius 2 is 2.24 bits per heavy atom. The van der Waals surface area contributed by atoms with Crippen molar-refractivity contribution in [3.8, 4) is 0 Å². The number of aromatic nitrogens is 1. The van der Waals surface area contributed by atoms with Crippen LogP contribution < -0.4 is 10.6 Å². The molecule has 1 aromatic heterocycles. The molecule has 90 valence electrons. The molecule has 0 saturated carbocycles. The number of nitrogen functional groups attached to an aromatic ring is 1. The Morgan fingerprint density at radius 3 is 2.94 bits per heavy atom. The molecule has 1 aliphatic rings. The third kappa shape index (κ3) is 1.64. The van der Waals surface area contributed by atoms with E-state index in [1.807, 2.05) is 18.2 Å². The number of hydrogen-bond acceptors (Lipinski definition) is 4. The second-order valence-corrected chi connectivity index (χ2v) is 5.29. The van der Waals surface area contributed by atoms with Crippen LogP contribution in [-0.2, 0) is 0 Å². The van der Waals surface area contributed by atoms with Gasteiger partial charge in [-0.1, -0.05) is 0 Å². The van der Waals surface area contributed by atoms with Gasteiger partial charge in [0.2, 0.25) is 0 Å². The zero-order chi connectivity index (χ0) is 12.0. The van der Waals surface area contributed by atoms with Crippen LogP contribution in [0.3, 0.4) is 0 Å². The third-order valence-corrected chi connectivity index (χ3v) is 3.53. The number of oxazole rings is 1. The molecule has 0 aliphatic carbocycles. The summed E-state index contributed by atoms with van der Waals surface area (Å²) >= 11 is 0. The molecule has 1 saturated heterocycles. The number of hydrogen-bond donors (Lipinski definition) is 1. The summed E-state index contributed by atoms with van der Waals surface area (Å²) in [5, 5.41) is 0. The first-order valence-corrected chi connectivity index (χ1v) is 6.00. The number of nitrogens with zero attached hydrogens (tertiary/aromatic N) is 2. The van der Waals surface area contributed by atoms with Crippen LogP contribution in [0.1, 0.15) is 26.7 Å². The van der Waals surface area contributed by atoms with E-state index in [4.69, 9.17) is 10.2 Å². The molecule has 1 aliphatic heterocycles. The molecular weight excluding hydrogens is 214 g/mol. The molecule has 3 rings (SSSR count). The molecular formula is C13H17N3O. The van der Waals surface area contributed by atoms with Gasteiger partial charge in [-0.25, -0.2) is 0 Å². The van der Waals surface area contributed by atoms with Crippen molar-refractivity contribution in [1.82, 2.24) is 4.98 Å². The highest BCUT2D eigenvalue weighted by Crippen LogP contribution is 2.34. The van der Waals surface area contributed by atoms with Gasteiger partial charge in [0.15, 0.2) is 5.58 Å². The van der Waals surface area contributed by atoms with Crippen LogP contribution >= 0.6 is 0 Å². The van der Waals surface area contributed by atoms with Crippen LogP contribution in [0.4, 0.5) is 11.7 Å². The number of nitrogens with two attached hydrogens (primary N) is 1. The first kappa shape index (κ1) is 10.4. The Balaban J connectivity index is 2.06. The maximum atomic E-state index is 5.80. The van der Waals surface area contributed by atoms with Gasteiger partial charge in [0.1, 0.15) is 5.52 Å². The summed E-state index contributed by atoms with van der Waals surface area (Å²) in [7, 11) is 0. The van der Waals surface area contributed by atoms with Crippen LogP contribution in [0.5, 0.6) is 0 Å². The Labute approximate surface area is 100 Å². The minimum atomic E-state index is 0.131. The maximum Gasteiger partial charge on any atom is 0.298 e. The average Bonchev–Trinajstić information content (AvgIpc) is 2.79. The zero-order valence-corrected chi connectivity index (χ0v) is 10.2. The molecule has 1 fully saturated rings. The largest absolute Gasteiger partial charge is 0.423 e. The van der Waals surface area contributed by atoms with Crippen molar-refractivity contribution in [2.75, 3.05) is 17.2 Å². The van der Waals surface area contributed by atoms with Gasteiger partial charge in [-0.05, 0) is 44.9 Å². The van der Waals surface area contributed by atoms with Crippen LogP contribution in [0.15, 0.2) is 22.6 Å². The molecule has 4 nitrogen and oxygen atoms in total. The summed E-state index contributed by atoms with van der Waals surface area (Å²) < 4.78 is 5.80. The lowest BCUT2D eigenvalue weighted by Crippen LogP contribution is -2.38. The molecule has 2 aromatic rings. The van der Waals surface area contributed by atoms with Crippen molar-refractivity contribution in [3.05, 3.63) is 18.2 Å². The SMILES string of the molecule is CC1(C)CCCN1c1nc2cc(N)ccc2o1. The quantitative estimate of drug-likeness (QED) is 0.767. The second-order valence-electron chi connectivity index (χ2n) is 5.29. The highest BCUT2D eigenvalue weighted by atomic mass is 16.4. The highest BCUT2D eigenvalue weighted by molar-refractivity contribution is 5.78. The second kappa shape index (κ2) is 3.39. The topological polar surface area (TPSA) is 55.3 Å². The number of fused-ring (bicyclic) bond motifs is 1. The average molecular weight is 231 g/mol. The fourth-order valence-electron chi connectivity index (χ4n) is 2.51. The first-order chi connectivity index (χ1) is 8.06. The lowest BCUT2D eigenvalue weighted by Gasteiger charge is -2.29. The molecule has 0 amide bonds. The summed E-state index contributed by atoms with van der Waals surface area (Å²) in [6, 6.07) is 6.29. The van der Waals surface area contributed by atoms with E-state index in [-0.39, 0.29) is 5.54 Å². The highest BCUT2D eigenvalue weighted by Gasteiger charge is 2.34. The summed E-state index contributed by atoms with van der Waals surface area (Å²) in [4.78, 5) is 6.77. The molecule has 0 atom stereocenters. The van der Waals surface area contributed by atoms with Gasteiger partial charge in [0.25, 0.3) is 6.01 Å². The van der Waals surface area contributed by atoms with E-state index >= 15 is 0 Å². The maximum absolute atomic E-state index is 5.80. The molecule has 1 aromatic carbocycles. The van der Waals surface area contributed by atoms with Gasteiger partial charge in [0.05, 0.1) is 0 Å². The first-order valence-electron chi connectivity index (χ1n) is 6.00. The fraction of sp³-hybridized carbons (Fsp3) is 0.462. The van der Waals surface area contributed by atoms with Crippen molar-refractivity contribution in [1.29, 1.82) is 0 Å². The van der Waals surface area contributed by atoms with E-state index in [2.05, 4.69) is 23.7 Å². The van der Waals surface area contributed by atoms with Crippen molar-refractivity contribution in [2.24, 2.45) is 0 Å². The predicted molar refractivity (Wildman–Crippen MR) is 69.1 cm³/mol. The van der Waals surface area contributed by atoms with Crippen molar-refractivity contribution in [3.63, 3.8) is 0 Å². The van der Waals surface area contributed by atoms with Crippen molar-refractivity contribution < 1.29 is 4.42 Å². The Morgan fingerprint density at radius 1 is 1.41 bits per heavy atom. The monoisotopic (exact) mass is 231 g/mol. The molecule has 0 radical (unpaired) electrons. The van der Waals surface area contributed by atoms with Crippen LogP contribution in [0.2, 0.25) is 0 Å². The summed E-state index contributed by atoms with van der Waals surface area (Å²) in [6.07, 6.45) is 2.36. The van der Waals surface area contributed by atoms with E-state index in [1.165, 1.54) is 12.8 Å². The standard InChI is InChI=1S/C13H17N3O/c1-13(2)6-3-7-16(13)12-15-10-8-9(14)4-5-11(10)17-12/h4-5,8H,3,6-7,14H2,1-2H3. The third-order valence-electron chi connectivity index (χ3n) is 3.53. The molecule has 17 heavy (non-hydrogen) atoms.